The molecule has 0 aromatic heterocycles. The molecule has 0 aliphatic rings. The first-order valence-corrected chi connectivity index (χ1v) is 1.90. The van der Waals surface area contributed by atoms with Gasteiger partial charge in [-0.05, 0) is 6.92 Å². The average Bonchev–Trinajstić information content (AvgIpc) is 1.35. The minimum Gasteiger partial charge on any atom is -0.466 e. The fourth-order valence-corrected chi connectivity index (χ4v) is 0.203. The topological polar surface area (TPSA) is 26.3 Å². The molecule has 0 saturated carbocycles. The molecule has 0 aliphatic heterocycles. The molecule has 0 aromatic rings. The minimum absolute atomic E-state index is 0. The van der Waals surface area contributed by atoms with Crippen molar-refractivity contribution in [2.24, 2.45) is 0 Å². The van der Waals surface area contributed by atoms with E-state index in [2.05, 4.69) is 4.74 Å². The van der Waals surface area contributed by atoms with Crippen LogP contribution in [0, 0.1) is 0 Å². The van der Waals surface area contributed by atoms with Gasteiger partial charge >= 0.3 is 5.97 Å². The molecule has 3 heteroatoms. The minimum atomic E-state index is -0.211. The summed E-state index contributed by atoms with van der Waals surface area (Å²) in [4.78, 5) is 9.82. The fraction of sp³-hybridized carbons (Fsp3) is 0.750. The summed E-state index contributed by atoms with van der Waals surface area (Å²) in [5, 5.41) is 0. The van der Waals surface area contributed by atoms with Crippen LogP contribution in [-0.2, 0) is 26.6 Å². The molecule has 0 heterocycles. The van der Waals surface area contributed by atoms with Crippen LogP contribution in [0.15, 0.2) is 0 Å². The molecule has 2 nitrogen and oxygen atoms in total. The number of carbonyl (C=O) groups is 1. The second-order valence-electron chi connectivity index (χ2n) is 0.925. The first-order chi connectivity index (χ1) is 2.77. The summed E-state index contributed by atoms with van der Waals surface area (Å²) in [5.74, 6) is -0.211. The summed E-state index contributed by atoms with van der Waals surface area (Å²) in [6.07, 6.45) is 0. The molecule has 0 aromatic carbocycles. The Labute approximate surface area is 53.7 Å². The van der Waals surface area contributed by atoms with Gasteiger partial charge in [-0.2, -0.15) is 0 Å². The summed E-state index contributed by atoms with van der Waals surface area (Å²) in [6.45, 7) is 3.65. The van der Waals surface area contributed by atoms with Crippen molar-refractivity contribution in [1.82, 2.24) is 0 Å². The second-order valence-corrected chi connectivity index (χ2v) is 0.925. The smallest absolute Gasteiger partial charge is 0.302 e. The zero-order valence-corrected chi connectivity index (χ0v) is 5.58. The predicted molar refractivity (Wildman–Crippen MR) is 22.3 cm³/mol. The first-order valence-electron chi connectivity index (χ1n) is 1.90. The molecule has 0 fully saturated rings. The number of rotatable bonds is 1. The molecule has 7 heavy (non-hydrogen) atoms. The zero-order valence-electron chi connectivity index (χ0n) is 4.40. The van der Waals surface area contributed by atoms with Crippen molar-refractivity contribution in [3.05, 3.63) is 0 Å². The first kappa shape index (κ1) is 10.1. The van der Waals surface area contributed by atoms with E-state index < -0.39 is 0 Å². The summed E-state index contributed by atoms with van der Waals surface area (Å²) < 4.78 is 4.40. The van der Waals surface area contributed by atoms with Gasteiger partial charge in [-0.1, -0.05) is 0 Å². The monoisotopic (exact) mass is 143 g/mol. The van der Waals surface area contributed by atoms with E-state index in [0.717, 1.165) is 0 Å². The number of ether oxygens (including phenoxy) is 1. The largest absolute Gasteiger partial charge is 0.466 e. The summed E-state index contributed by atoms with van der Waals surface area (Å²) >= 11 is 0. The van der Waals surface area contributed by atoms with Gasteiger partial charge in [0.1, 0.15) is 0 Å². The van der Waals surface area contributed by atoms with E-state index >= 15 is 0 Å². The van der Waals surface area contributed by atoms with E-state index in [1.54, 1.807) is 6.92 Å². The molecule has 0 spiro atoms. The van der Waals surface area contributed by atoms with Gasteiger partial charge in [-0.25, -0.2) is 0 Å². The number of hydrogen-bond acceptors (Lipinski definition) is 2. The molecular formula is C4H8MnO2. The quantitative estimate of drug-likeness (QED) is 0.396. The van der Waals surface area contributed by atoms with E-state index in [0.29, 0.717) is 6.61 Å². The third-order valence-electron chi connectivity index (χ3n) is 0.348. The van der Waals surface area contributed by atoms with Crippen LogP contribution in [0.2, 0.25) is 0 Å². The van der Waals surface area contributed by atoms with Crippen molar-refractivity contribution in [2.75, 3.05) is 6.61 Å². The normalized spacial score (nSPS) is 6.57. The molecular weight excluding hydrogens is 135 g/mol. The SMILES string of the molecule is CCOC(C)=O.[Mn]. The van der Waals surface area contributed by atoms with Crippen LogP contribution >= 0.6 is 0 Å². The second kappa shape index (κ2) is 5.99. The maximum atomic E-state index is 9.82. The Morgan fingerprint density at radius 1 is 1.71 bits per heavy atom. The molecule has 0 aliphatic carbocycles. The van der Waals surface area contributed by atoms with Crippen molar-refractivity contribution in [1.29, 1.82) is 0 Å². The Balaban J connectivity index is 0. The Morgan fingerprint density at radius 2 is 2.14 bits per heavy atom. The molecule has 0 unspecified atom stereocenters. The van der Waals surface area contributed by atoms with Crippen molar-refractivity contribution in [3.63, 3.8) is 0 Å². The van der Waals surface area contributed by atoms with Gasteiger partial charge in [0, 0.05) is 24.0 Å². The zero-order chi connectivity index (χ0) is 4.99. The van der Waals surface area contributed by atoms with Gasteiger partial charge in [0.25, 0.3) is 0 Å². The Bertz CT molecular complexity index is 53.7. The van der Waals surface area contributed by atoms with Crippen LogP contribution in [0.3, 0.4) is 0 Å². The van der Waals surface area contributed by atoms with Crippen molar-refractivity contribution < 1.29 is 26.6 Å². The van der Waals surface area contributed by atoms with E-state index in [1.807, 2.05) is 0 Å². The summed E-state index contributed by atoms with van der Waals surface area (Å²) in [6, 6.07) is 0. The average molecular weight is 143 g/mol. The van der Waals surface area contributed by atoms with Crippen LogP contribution in [0.1, 0.15) is 13.8 Å². The van der Waals surface area contributed by atoms with Gasteiger partial charge in [0.15, 0.2) is 0 Å². The van der Waals surface area contributed by atoms with Crippen LogP contribution in [0.25, 0.3) is 0 Å². The van der Waals surface area contributed by atoms with E-state index in [1.165, 1.54) is 6.92 Å². The maximum Gasteiger partial charge on any atom is 0.302 e. The third-order valence-corrected chi connectivity index (χ3v) is 0.348. The van der Waals surface area contributed by atoms with Gasteiger partial charge in [0.2, 0.25) is 0 Å². The molecule has 0 rings (SSSR count). The van der Waals surface area contributed by atoms with Crippen LogP contribution in [0.4, 0.5) is 0 Å². The van der Waals surface area contributed by atoms with Crippen molar-refractivity contribution in [3.8, 4) is 0 Å². The van der Waals surface area contributed by atoms with Crippen LogP contribution in [0.5, 0.6) is 0 Å². The predicted octanol–water partition coefficient (Wildman–Crippen LogP) is 0.567. The molecule has 0 amide bonds. The Hall–Kier alpha value is -0.0105. The molecule has 0 saturated heterocycles. The van der Waals surface area contributed by atoms with Gasteiger partial charge in [-0.15, -0.1) is 0 Å². The third kappa shape index (κ3) is 10.7. The fourth-order valence-electron chi connectivity index (χ4n) is 0.203. The van der Waals surface area contributed by atoms with Crippen molar-refractivity contribution >= 4 is 5.97 Å². The van der Waals surface area contributed by atoms with Gasteiger partial charge < -0.3 is 4.74 Å². The Morgan fingerprint density at radius 3 is 2.14 bits per heavy atom. The van der Waals surface area contributed by atoms with E-state index in [-0.39, 0.29) is 23.0 Å². The van der Waals surface area contributed by atoms with E-state index in [9.17, 15) is 4.79 Å². The maximum absolute atomic E-state index is 9.82. The molecule has 1 radical (unpaired) electrons. The number of esters is 1. The molecule has 0 N–H and O–H groups in total. The molecule has 0 bridgehead atoms. The number of carbonyl (C=O) groups excluding carboxylic acids is 1. The van der Waals surface area contributed by atoms with Crippen LogP contribution in [-0.4, -0.2) is 12.6 Å². The molecule has 0 atom stereocenters. The Kier molecular flexibility index (Phi) is 8.62. The molecule has 43 valence electrons. The van der Waals surface area contributed by atoms with Gasteiger partial charge in [0.05, 0.1) is 6.61 Å². The number of hydrogen-bond donors (Lipinski definition) is 0. The van der Waals surface area contributed by atoms with Crippen LogP contribution < -0.4 is 0 Å². The van der Waals surface area contributed by atoms with Crippen molar-refractivity contribution in [2.45, 2.75) is 13.8 Å². The standard InChI is InChI=1S/C4H8O2.Mn/c1-3-6-4(2)5;/h3H2,1-2H3;. The van der Waals surface area contributed by atoms with E-state index in [4.69, 9.17) is 0 Å². The summed E-state index contributed by atoms with van der Waals surface area (Å²) in [7, 11) is 0. The summed E-state index contributed by atoms with van der Waals surface area (Å²) in [5.41, 5.74) is 0. The van der Waals surface area contributed by atoms with Gasteiger partial charge in [-0.3, -0.25) is 4.79 Å².